The molecule has 1 N–H and O–H groups in total. The molecule has 0 aliphatic rings. The summed E-state index contributed by atoms with van der Waals surface area (Å²) in [5.74, 6) is -0.739. The topological polar surface area (TPSA) is 42.2 Å². The van der Waals surface area contributed by atoms with E-state index >= 15 is 0 Å². The minimum atomic E-state index is -0.739. The van der Waals surface area contributed by atoms with Gasteiger partial charge in [0, 0.05) is 17.8 Å². The third-order valence-corrected chi connectivity index (χ3v) is 3.56. The van der Waals surface area contributed by atoms with Crippen LogP contribution in [0, 0.1) is 12.3 Å². The smallest absolute Gasteiger partial charge is 0.309 e. The first-order valence-corrected chi connectivity index (χ1v) is 6.20. The van der Waals surface area contributed by atoms with Crippen molar-refractivity contribution < 1.29 is 9.90 Å². The Balaban J connectivity index is 2.27. The molecule has 0 unspecified atom stereocenters. The Bertz CT molecular complexity index is 581. The zero-order valence-corrected chi connectivity index (χ0v) is 11.1. The number of hydrogen-bond acceptors (Lipinski definition) is 1. The quantitative estimate of drug-likeness (QED) is 0.896. The van der Waals surface area contributed by atoms with E-state index in [9.17, 15) is 4.79 Å². The molecule has 0 radical (unpaired) electrons. The molecule has 0 saturated carbocycles. The molecule has 0 amide bonds. The Hall–Kier alpha value is -1.77. The zero-order chi connectivity index (χ0) is 13.3. The van der Waals surface area contributed by atoms with Gasteiger partial charge < -0.3 is 9.67 Å². The average Bonchev–Trinajstić information content (AvgIpc) is 2.62. The highest BCUT2D eigenvalue weighted by Gasteiger charge is 2.26. The molecule has 0 aliphatic carbocycles. The molecule has 2 aromatic rings. The lowest BCUT2D eigenvalue weighted by molar-refractivity contribution is -0.147. The number of aliphatic carboxylic acids is 1. The summed E-state index contributed by atoms with van der Waals surface area (Å²) >= 11 is 0. The fourth-order valence-corrected chi connectivity index (χ4v) is 2.14. The highest BCUT2D eigenvalue weighted by atomic mass is 16.4. The predicted molar refractivity (Wildman–Crippen MR) is 72.7 cm³/mol. The van der Waals surface area contributed by atoms with E-state index in [1.807, 2.05) is 12.1 Å². The Kier molecular flexibility index (Phi) is 3.16. The number of carboxylic acid groups (broad SMARTS) is 1. The van der Waals surface area contributed by atoms with Crippen molar-refractivity contribution in [2.75, 3.05) is 0 Å². The van der Waals surface area contributed by atoms with Crippen LogP contribution in [0.5, 0.6) is 0 Å². The molecular formula is C15H19NO2. The van der Waals surface area contributed by atoms with Gasteiger partial charge in [0.1, 0.15) is 0 Å². The second-order valence-electron chi connectivity index (χ2n) is 5.44. The van der Waals surface area contributed by atoms with Crippen LogP contribution in [0.3, 0.4) is 0 Å². The average molecular weight is 245 g/mol. The SMILES string of the molecule is Cc1cc2ccccc2n1CCC(C)(C)C(=O)O. The fourth-order valence-electron chi connectivity index (χ4n) is 2.14. The van der Waals surface area contributed by atoms with Gasteiger partial charge in [-0.15, -0.1) is 0 Å². The van der Waals surface area contributed by atoms with E-state index in [4.69, 9.17) is 5.11 Å². The summed E-state index contributed by atoms with van der Waals surface area (Å²) in [4.78, 5) is 11.1. The molecule has 1 heterocycles. The monoisotopic (exact) mass is 245 g/mol. The van der Waals surface area contributed by atoms with E-state index in [-0.39, 0.29) is 0 Å². The maximum atomic E-state index is 11.1. The van der Waals surface area contributed by atoms with Crippen molar-refractivity contribution in [3.8, 4) is 0 Å². The summed E-state index contributed by atoms with van der Waals surface area (Å²) in [5, 5.41) is 10.4. The van der Waals surface area contributed by atoms with Crippen LogP contribution < -0.4 is 0 Å². The standard InChI is InChI=1S/C15H19NO2/c1-11-10-12-6-4-5-7-13(12)16(11)9-8-15(2,3)14(17)18/h4-7,10H,8-9H2,1-3H3,(H,17,18). The van der Waals surface area contributed by atoms with Gasteiger partial charge in [-0.25, -0.2) is 0 Å². The summed E-state index contributed by atoms with van der Waals surface area (Å²) in [6.45, 7) is 6.35. The van der Waals surface area contributed by atoms with E-state index in [2.05, 4.69) is 29.7 Å². The molecule has 0 bridgehead atoms. The molecule has 96 valence electrons. The molecule has 0 spiro atoms. The zero-order valence-electron chi connectivity index (χ0n) is 11.1. The molecule has 1 aromatic carbocycles. The van der Waals surface area contributed by atoms with Gasteiger partial charge in [0.05, 0.1) is 5.41 Å². The van der Waals surface area contributed by atoms with Crippen molar-refractivity contribution in [2.45, 2.75) is 33.7 Å². The van der Waals surface area contributed by atoms with Crippen LogP contribution in [-0.2, 0) is 11.3 Å². The van der Waals surface area contributed by atoms with Gasteiger partial charge in [0.2, 0.25) is 0 Å². The van der Waals surface area contributed by atoms with Crippen molar-refractivity contribution in [1.29, 1.82) is 0 Å². The molecular weight excluding hydrogens is 226 g/mol. The molecule has 0 aliphatic heterocycles. The summed E-state index contributed by atoms with van der Waals surface area (Å²) in [7, 11) is 0. The van der Waals surface area contributed by atoms with Crippen LogP contribution in [0.2, 0.25) is 0 Å². The second-order valence-corrected chi connectivity index (χ2v) is 5.44. The number of para-hydroxylation sites is 1. The summed E-state index contributed by atoms with van der Waals surface area (Å²) in [6.07, 6.45) is 0.627. The third kappa shape index (κ3) is 2.26. The number of rotatable bonds is 4. The van der Waals surface area contributed by atoms with Gasteiger partial charge in [0.15, 0.2) is 0 Å². The van der Waals surface area contributed by atoms with Crippen LogP contribution in [0.25, 0.3) is 10.9 Å². The summed E-state index contributed by atoms with van der Waals surface area (Å²) in [5.41, 5.74) is 1.67. The van der Waals surface area contributed by atoms with Crippen molar-refractivity contribution in [3.63, 3.8) is 0 Å². The predicted octanol–water partition coefficient (Wildman–Crippen LogP) is 3.45. The Morgan fingerprint density at radius 2 is 2.00 bits per heavy atom. The number of fused-ring (bicyclic) bond motifs is 1. The minimum absolute atomic E-state index is 0.627. The lowest BCUT2D eigenvalue weighted by atomic mass is 9.89. The maximum Gasteiger partial charge on any atom is 0.309 e. The molecule has 18 heavy (non-hydrogen) atoms. The Morgan fingerprint density at radius 1 is 1.33 bits per heavy atom. The molecule has 2 rings (SSSR count). The largest absolute Gasteiger partial charge is 0.481 e. The number of nitrogens with zero attached hydrogens (tertiary/aromatic N) is 1. The van der Waals surface area contributed by atoms with Gasteiger partial charge in [-0.1, -0.05) is 18.2 Å². The molecule has 1 aromatic heterocycles. The normalized spacial score (nSPS) is 11.9. The van der Waals surface area contributed by atoms with Gasteiger partial charge in [-0.3, -0.25) is 4.79 Å². The van der Waals surface area contributed by atoms with E-state index in [0.717, 1.165) is 6.54 Å². The van der Waals surface area contributed by atoms with Crippen molar-refractivity contribution in [3.05, 3.63) is 36.0 Å². The minimum Gasteiger partial charge on any atom is -0.481 e. The lowest BCUT2D eigenvalue weighted by Crippen LogP contribution is -2.25. The van der Waals surface area contributed by atoms with Crippen LogP contribution >= 0.6 is 0 Å². The van der Waals surface area contributed by atoms with E-state index in [0.29, 0.717) is 6.42 Å². The fraction of sp³-hybridized carbons (Fsp3) is 0.400. The maximum absolute atomic E-state index is 11.1. The molecule has 0 fully saturated rings. The van der Waals surface area contributed by atoms with E-state index < -0.39 is 11.4 Å². The van der Waals surface area contributed by atoms with E-state index in [1.165, 1.54) is 16.6 Å². The van der Waals surface area contributed by atoms with Gasteiger partial charge >= 0.3 is 5.97 Å². The molecule has 3 heteroatoms. The van der Waals surface area contributed by atoms with Gasteiger partial charge in [0.25, 0.3) is 0 Å². The number of aryl methyl sites for hydroxylation is 2. The van der Waals surface area contributed by atoms with Crippen molar-refractivity contribution in [1.82, 2.24) is 4.57 Å². The lowest BCUT2D eigenvalue weighted by Gasteiger charge is -2.20. The summed E-state index contributed by atoms with van der Waals surface area (Å²) < 4.78 is 2.19. The third-order valence-electron chi connectivity index (χ3n) is 3.56. The van der Waals surface area contributed by atoms with Crippen LogP contribution in [0.1, 0.15) is 26.0 Å². The molecule has 3 nitrogen and oxygen atoms in total. The first kappa shape index (κ1) is 12.7. The van der Waals surface area contributed by atoms with Crippen molar-refractivity contribution >= 4 is 16.9 Å². The molecule has 0 saturated heterocycles. The van der Waals surface area contributed by atoms with Gasteiger partial charge in [-0.2, -0.15) is 0 Å². The van der Waals surface area contributed by atoms with E-state index in [1.54, 1.807) is 13.8 Å². The van der Waals surface area contributed by atoms with Gasteiger partial charge in [-0.05, 0) is 44.7 Å². The number of carboxylic acids is 1. The van der Waals surface area contributed by atoms with Crippen LogP contribution in [-0.4, -0.2) is 15.6 Å². The van der Waals surface area contributed by atoms with Crippen molar-refractivity contribution in [2.24, 2.45) is 5.41 Å². The number of aromatic nitrogens is 1. The highest BCUT2D eigenvalue weighted by Crippen LogP contribution is 2.25. The number of carbonyl (C=O) groups is 1. The van der Waals surface area contributed by atoms with Crippen LogP contribution in [0.15, 0.2) is 30.3 Å². The van der Waals surface area contributed by atoms with Crippen LogP contribution in [0.4, 0.5) is 0 Å². The summed E-state index contributed by atoms with van der Waals surface area (Å²) in [6, 6.07) is 10.3. The molecule has 0 atom stereocenters. The Morgan fingerprint density at radius 3 is 2.67 bits per heavy atom. The first-order valence-electron chi connectivity index (χ1n) is 6.20. The number of benzene rings is 1. The second kappa shape index (κ2) is 4.48. The Labute approximate surface area is 107 Å². The first-order chi connectivity index (χ1) is 8.42. The highest BCUT2D eigenvalue weighted by molar-refractivity contribution is 5.81. The number of hydrogen-bond donors (Lipinski definition) is 1.